The van der Waals surface area contributed by atoms with E-state index >= 15 is 0 Å². The van der Waals surface area contributed by atoms with Crippen LogP contribution < -0.4 is 20.5 Å². The Morgan fingerprint density at radius 1 is 1.09 bits per heavy atom. The van der Waals surface area contributed by atoms with E-state index in [0.717, 1.165) is 15.4 Å². The zero-order valence-electron chi connectivity index (χ0n) is 19.4. The van der Waals surface area contributed by atoms with Crippen molar-refractivity contribution in [3.63, 3.8) is 0 Å². The molecule has 8 nitrogen and oxygen atoms in total. The van der Waals surface area contributed by atoms with E-state index in [1.807, 2.05) is 12.1 Å². The zero-order chi connectivity index (χ0) is 25.8. The number of hydrogen-bond acceptors (Lipinski definition) is 5. The van der Waals surface area contributed by atoms with Crippen molar-refractivity contribution in [2.45, 2.75) is 31.2 Å². The van der Waals surface area contributed by atoms with Crippen LogP contribution in [-0.2, 0) is 21.2 Å². The number of primary amides is 1. The van der Waals surface area contributed by atoms with Gasteiger partial charge in [-0.25, -0.2) is 8.42 Å². The number of benzene rings is 3. The number of aryl methyl sites for hydroxylation is 1. The molecule has 0 heterocycles. The average Bonchev–Trinajstić information content (AvgIpc) is 2.79. The Morgan fingerprint density at radius 3 is 2.34 bits per heavy atom. The maximum atomic E-state index is 13.6. The van der Waals surface area contributed by atoms with E-state index in [0.29, 0.717) is 24.3 Å². The number of nitrogens with one attached hydrogen (secondary N) is 1. The van der Waals surface area contributed by atoms with E-state index in [-0.39, 0.29) is 21.4 Å². The summed E-state index contributed by atoms with van der Waals surface area (Å²) in [6.07, 6.45) is 0.584. The van der Waals surface area contributed by atoms with Crippen molar-refractivity contribution in [3.8, 4) is 5.75 Å². The topological polar surface area (TPSA) is 140 Å². The van der Waals surface area contributed by atoms with Crippen molar-refractivity contribution in [1.29, 1.82) is 5.41 Å². The van der Waals surface area contributed by atoms with Crippen LogP contribution in [0.4, 0.5) is 5.69 Å². The third-order valence-corrected chi connectivity index (χ3v) is 7.75. The highest BCUT2D eigenvalue weighted by Gasteiger charge is 2.34. The molecule has 3 rings (SSSR count). The van der Waals surface area contributed by atoms with Crippen molar-refractivity contribution < 1.29 is 17.9 Å². The van der Waals surface area contributed by atoms with Crippen LogP contribution in [0.3, 0.4) is 0 Å². The molecule has 0 saturated heterocycles. The number of nitrogen functional groups attached to an aromatic ring is 1. The number of sulfonamides is 1. The fraction of sp³-hybridized carbons (Fsp3) is 0.200. The van der Waals surface area contributed by atoms with Gasteiger partial charge in [-0.3, -0.25) is 14.5 Å². The summed E-state index contributed by atoms with van der Waals surface area (Å²) in [4.78, 5) is 11.9. The lowest BCUT2D eigenvalue weighted by molar-refractivity contribution is -0.118. The minimum absolute atomic E-state index is 0.00146. The predicted octanol–water partition coefficient (Wildman–Crippen LogP) is 3.62. The van der Waals surface area contributed by atoms with Gasteiger partial charge in [0.2, 0.25) is 5.91 Å². The second-order valence-corrected chi connectivity index (χ2v) is 10.2. The third-order valence-electron chi connectivity index (χ3n) is 5.35. The van der Waals surface area contributed by atoms with Crippen LogP contribution in [-0.4, -0.2) is 32.8 Å². The van der Waals surface area contributed by atoms with Crippen LogP contribution in [0.2, 0.25) is 5.02 Å². The summed E-state index contributed by atoms with van der Waals surface area (Å²) in [5.74, 6) is -0.364. The highest BCUT2D eigenvalue weighted by atomic mass is 35.5. The first-order valence-electron chi connectivity index (χ1n) is 10.8. The molecule has 0 aliphatic carbocycles. The standard InChI is InChI=1S/C25H27ClN4O4S/c1-16-13-20(15-21(14-16)34-12-11-18-7-9-19(10-8-18)24(27)28)30(17(2)25(29)31)35(32,33)23-6-4-3-5-22(23)26/h3-10,13-15,17H,11-12H2,1-2H3,(H3,27,28)(H2,29,31). The van der Waals surface area contributed by atoms with Crippen molar-refractivity contribution in [2.24, 2.45) is 11.5 Å². The summed E-state index contributed by atoms with van der Waals surface area (Å²) in [5, 5.41) is 7.50. The monoisotopic (exact) mass is 514 g/mol. The number of halogens is 1. The normalized spacial score (nSPS) is 12.1. The van der Waals surface area contributed by atoms with Gasteiger partial charge in [-0.15, -0.1) is 0 Å². The zero-order valence-corrected chi connectivity index (χ0v) is 20.9. The van der Waals surface area contributed by atoms with Gasteiger partial charge in [0.25, 0.3) is 10.0 Å². The maximum absolute atomic E-state index is 13.6. The fourth-order valence-corrected chi connectivity index (χ4v) is 5.63. The number of carbonyl (C=O) groups is 1. The van der Waals surface area contributed by atoms with E-state index < -0.39 is 22.0 Å². The van der Waals surface area contributed by atoms with Gasteiger partial charge >= 0.3 is 0 Å². The quantitative estimate of drug-likeness (QED) is 0.280. The molecule has 184 valence electrons. The van der Waals surface area contributed by atoms with Gasteiger partial charge in [0.15, 0.2) is 0 Å². The number of amides is 1. The van der Waals surface area contributed by atoms with Gasteiger partial charge in [-0.1, -0.05) is 48.0 Å². The molecule has 0 radical (unpaired) electrons. The first-order valence-corrected chi connectivity index (χ1v) is 12.6. The Bertz CT molecular complexity index is 1340. The number of amidine groups is 1. The molecule has 1 amide bonds. The molecule has 0 aliphatic rings. The Morgan fingerprint density at radius 2 is 1.74 bits per heavy atom. The molecule has 10 heteroatoms. The van der Waals surface area contributed by atoms with Gasteiger partial charge in [0.05, 0.1) is 17.3 Å². The summed E-state index contributed by atoms with van der Waals surface area (Å²) in [7, 11) is -4.22. The Labute approximate surface area is 210 Å². The molecule has 1 unspecified atom stereocenters. The molecule has 35 heavy (non-hydrogen) atoms. The first-order chi connectivity index (χ1) is 16.5. The first kappa shape index (κ1) is 26.1. The van der Waals surface area contributed by atoms with E-state index in [9.17, 15) is 13.2 Å². The number of nitrogens with two attached hydrogens (primary N) is 2. The van der Waals surface area contributed by atoms with Crippen LogP contribution in [0.15, 0.2) is 71.6 Å². The van der Waals surface area contributed by atoms with Crippen LogP contribution >= 0.6 is 11.6 Å². The van der Waals surface area contributed by atoms with Crippen LogP contribution in [0.25, 0.3) is 0 Å². The lowest BCUT2D eigenvalue weighted by Gasteiger charge is -2.29. The minimum atomic E-state index is -4.22. The number of nitrogens with zero attached hydrogens (tertiary/aromatic N) is 1. The molecular weight excluding hydrogens is 488 g/mol. The highest BCUT2D eigenvalue weighted by Crippen LogP contribution is 2.33. The molecule has 0 bridgehead atoms. The molecule has 5 N–H and O–H groups in total. The Hall–Kier alpha value is -3.56. The second kappa shape index (κ2) is 10.8. The van der Waals surface area contributed by atoms with Gasteiger partial charge in [0.1, 0.15) is 22.5 Å². The predicted molar refractivity (Wildman–Crippen MR) is 138 cm³/mol. The largest absolute Gasteiger partial charge is 0.493 e. The number of ether oxygens (including phenoxy) is 1. The third kappa shape index (κ3) is 6.12. The van der Waals surface area contributed by atoms with Crippen molar-refractivity contribution >= 4 is 39.1 Å². The SMILES string of the molecule is Cc1cc(OCCc2ccc(C(=N)N)cc2)cc(N(C(C)C(N)=O)S(=O)(=O)c2ccccc2Cl)c1. The second-order valence-electron chi connectivity index (χ2n) is 8.02. The molecule has 1 atom stereocenters. The summed E-state index contributed by atoms with van der Waals surface area (Å²) in [5.41, 5.74) is 13.6. The summed E-state index contributed by atoms with van der Waals surface area (Å²) < 4.78 is 34.0. The molecule has 0 aliphatic heterocycles. The van der Waals surface area contributed by atoms with Crippen LogP contribution in [0.5, 0.6) is 5.75 Å². The Balaban J connectivity index is 1.89. The highest BCUT2D eigenvalue weighted by molar-refractivity contribution is 7.93. The Kier molecular flexibility index (Phi) is 8.03. The van der Waals surface area contributed by atoms with Crippen LogP contribution in [0.1, 0.15) is 23.6 Å². The molecule has 0 aromatic heterocycles. The van der Waals surface area contributed by atoms with Gasteiger partial charge in [0, 0.05) is 18.1 Å². The number of hydrogen-bond donors (Lipinski definition) is 3. The average molecular weight is 515 g/mol. The fourth-order valence-electron chi connectivity index (χ4n) is 3.52. The molecule has 0 spiro atoms. The van der Waals surface area contributed by atoms with E-state index in [1.54, 1.807) is 49.4 Å². The molecule has 3 aromatic rings. The van der Waals surface area contributed by atoms with E-state index in [4.69, 9.17) is 33.2 Å². The summed E-state index contributed by atoms with van der Waals surface area (Å²) >= 11 is 6.18. The maximum Gasteiger partial charge on any atom is 0.266 e. The number of carbonyl (C=O) groups excluding carboxylic acids is 1. The number of rotatable bonds is 10. The smallest absolute Gasteiger partial charge is 0.266 e. The van der Waals surface area contributed by atoms with E-state index in [1.165, 1.54) is 19.1 Å². The molecule has 0 saturated carbocycles. The lowest BCUT2D eigenvalue weighted by Crippen LogP contribution is -2.46. The van der Waals surface area contributed by atoms with Crippen molar-refractivity contribution in [3.05, 3.63) is 88.4 Å². The summed E-state index contributed by atoms with van der Waals surface area (Å²) in [6.45, 7) is 3.54. The van der Waals surface area contributed by atoms with Crippen molar-refractivity contribution in [1.82, 2.24) is 0 Å². The van der Waals surface area contributed by atoms with E-state index in [2.05, 4.69) is 0 Å². The number of anilines is 1. The minimum Gasteiger partial charge on any atom is -0.493 e. The molecule has 0 fully saturated rings. The molecular formula is C25H27ClN4O4S. The van der Waals surface area contributed by atoms with Gasteiger partial charge in [-0.2, -0.15) is 0 Å². The van der Waals surface area contributed by atoms with Gasteiger partial charge in [-0.05, 0) is 49.2 Å². The van der Waals surface area contributed by atoms with Crippen molar-refractivity contribution in [2.75, 3.05) is 10.9 Å². The lowest BCUT2D eigenvalue weighted by atomic mass is 10.1. The molecule has 3 aromatic carbocycles. The van der Waals surface area contributed by atoms with Crippen LogP contribution in [0, 0.1) is 12.3 Å². The summed E-state index contributed by atoms with van der Waals surface area (Å²) in [6, 6.07) is 17.1. The van der Waals surface area contributed by atoms with Gasteiger partial charge < -0.3 is 16.2 Å².